The van der Waals surface area contributed by atoms with Crippen LogP contribution in [0.25, 0.3) is 0 Å². The van der Waals surface area contributed by atoms with Crippen molar-refractivity contribution in [2.75, 3.05) is 6.61 Å². The van der Waals surface area contributed by atoms with Gasteiger partial charge in [-0.3, -0.25) is 0 Å². The summed E-state index contributed by atoms with van der Waals surface area (Å²) in [6.45, 7) is 4.81. The lowest BCUT2D eigenvalue weighted by atomic mass is 10.1. The molecule has 0 spiro atoms. The minimum Gasteiger partial charge on any atom is -0.304 e. The average molecular weight is 171 g/mol. The van der Waals surface area contributed by atoms with Gasteiger partial charge in [-0.1, -0.05) is 6.92 Å². The Morgan fingerprint density at radius 2 is 2.36 bits per heavy atom. The Labute approximate surface area is 70.9 Å². The molecule has 1 heterocycles. The van der Waals surface area contributed by atoms with Gasteiger partial charge in [0.15, 0.2) is 0 Å². The molecule has 0 aliphatic heterocycles. The van der Waals surface area contributed by atoms with Crippen LogP contribution in [0.4, 0.5) is 0 Å². The SMILES string of the molecule is Cc1ccc(C(C)CON)s1. The van der Waals surface area contributed by atoms with Gasteiger partial charge >= 0.3 is 0 Å². The van der Waals surface area contributed by atoms with E-state index < -0.39 is 0 Å². The maximum absolute atomic E-state index is 4.98. The fraction of sp³-hybridized carbons (Fsp3) is 0.500. The van der Waals surface area contributed by atoms with Crippen molar-refractivity contribution < 1.29 is 4.84 Å². The molecule has 0 bridgehead atoms. The lowest BCUT2D eigenvalue weighted by molar-refractivity contribution is 0.127. The quantitative estimate of drug-likeness (QED) is 0.706. The Hall–Kier alpha value is -0.380. The molecule has 0 aliphatic rings. The van der Waals surface area contributed by atoms with Gasteiger partial charge in [-0.25, -0.2) is 5.90 Å². The van der Waals surface area contributed by atoms with Gasteiger partial charge in [-0.2, -0.15) is 0 Å². The van der Waals surface area contributed by atoms with Crippen LogP contribution in [0.3, 0.4) is 0 Å². The lowest BCUT2D eigenvalue weighted by Gasteiger charge is -2.05. The van der Waals surface area contributed by atoms with E-state index in [-0.39, 0.29) is 0 Å². The van der Waals surface area contributed by atoms with Gasteiger partial charge in [-0.05, 0) is 19.1 Å². The summed E-state index contributed by atoms with van der Waals surface area (Å²) < 4.78 is 0. The standard InChI is InChI=1S/C8H13NOS/c1-6(5-10-9)8-4-3-7(2)11-8/h3-4,6H,5,9H2,1-2H3. The molecular weight excluding hydrogens is 158 g/mol. The number of hydrogen-bond acceptors (Lipinski definition) is 3. The van der Waals surface area contributed by atoms with Crippen molar-refractivity contribution in [2.45, 2.75) is 19.8 Å². The zero-order chi connectivity index (χ0) is 8.27. The van der Waals surface area contributed by atoms with Gasteiger partial charge in [0.2, 0.25) is 0 Å². The van der Waals surface area contributed by atoms with Crippen molar-refractivity contribution in [1.29, 1.82) is 0 Å². The zero-order valence-corrected chi connectivity index (χ0v) is 7.65. The highest BCUT2D eigenvalue weighted by Crippen LogP contribution is 2.23. The fourth-order valence-electron chi connectivity index (χ4n) is 0.945. The maximum atomic E-state index is 4.98. The van der Waals surface area contributed by atoms with E-state index in [1.807, 2.05) is 0 Å². The summed E-state index contributed by atoms with van der Waals surface area (Å²) in [7, 11) is 0. The number of rotatable bonds is 3. The molecule has 0 saturated carbocycles. The summed E-state index contributed by atoms with van der Waals surface area (Å²) in [5.74, 6) is 5.39. The molecule has 0 amide bonds. The predicted octanol–water partition coefficient (Wildman–Crippen LogP) is 2.05. The summed E-state index contributed by atoms with van der Waals surface area (Å²) in [6, 6.07) is 4.25. The van der Waals surface area contributed by atoms with E-state index >= 15 is 0 Å². The van der Waals surface area contributed by atoms with Gasteiger partial charge < -0.3 is 4.84 Å². The molecule has 0 radical (unpaired) electrons. The predicted molar refractivity (Wildman–Crippen MR) is 47.6 cm³/mol. The van der Waals surface area contributed by atoms with E-state index in [1.165, 1.54) is 9.75 Å². The van der Waals surface area contributed by atoms with E-state index in [2.05, 4.69) is 30.8 Å². The summed E-state index contributed by atoms with van der Waals surface area (Å²) >= 11 is 1.80. The highest BCUT2D eigenvalue weighted by atomic mass is 32.1. The fourth-order valence-corrected chi connectivity index (χ4v) is 1.86. The molecular formula is C8H13NOS. The monoisotopic (exact) mass is 171 g/mol. The Bertz CT molecular complexity index is 222. The Balaban J connectivity index is 2.60. The van der Waals surface area contributed by atoms with Crippen LogP contribution in [-0.2, 0) is 4.84 Å². The van der Waals surface area contributed by atoms with Crippen LogP contribution in [0.1, 0.15) is 22.6 Å². The Morgan fingerprint density at radius 1 is 1.64 bits per heavy atom. The van der Waals surface area contributed by atoms with Gasteiger partial charge in [0.25, 0.3) is 0 Å². The van der Waals surface area contributed by atoms with Crippen LogP contribution in [0.15, 0.2) is 12.1 Å². The van der Waals surface area contributed by atoms with Gasteiger partial charge in [0.1, 0.15) is 0 Å². The Morgan fingerprint density at radius 3 is 2.82 bits per heavy atom. The van der Waals surface area contributed by atoms with Crippen LogP contribution < -0.4 is 5.90 Å². The maximum Gasteiger partial charge on any atom is 0.0753 e. The number of nitrogens with two attached hydrogens (primary N) is 1. The minimum atomic E-state index is 0.415. The van der Waals surface area contributed by atoms with Crippen molar-refractivity contribution >= 4 is 11.3 Å². The molecule has 0 aliphatic carbocycles. The van der Waals surface area contributed by atoms with Gasteiger partial charge in [0, 0.05) is 15.7 Å². The minimum absolute atomic E-state index is 0.415. The van der Waals surface area contributed by atoms with Crippen molar-refractivity contribution in [2.24, 2.45) is 5.90 Å². The lowest BCUT2D eigenvalue weighted by Crippen LogP contribution is -2.07. The topological polar surface area (TPSA) is 35.2 Å². The molecule has 0 aromatic carbocycles. The third-order valence-corrected chi connectivity index (χ3v) is 2.83. The summed E-state index contributed by atoms with van der Waals surface area (Å²) in [5.41, 5.74) is 0. The smallest absolute Gasteiger partial charge is 0.0753 e. The third-order valence-electron chi connectivity index (χ3n) is 1.59. The molecule has 0 saturated heterocycles. The average Bonchev–Trinajstić information content (AvgIpc) is 2.36. The molecule has 2 nitrogen and oxygen atoms in total. The molecule has 1 unspecified atom stereocenters. The second-order valence-electron chi connectivity index (χ2n) is 2.68. The van der Waals surface area contributed by atoms with Gasteiger partial charge in [0.05, 0.1) is 6.61 Å². The normalized spacial score (nSPS) is 13.4. The number of thiophene rings is 1. The molecule has 1 rings (SSSR count). The van der Waals surface area contributed by atoms with E-state index in [0.717, 1.165) is 0 Å². The summed E-state index contributed by atoms with van der Waals surface area (Å²) in [6.07, 6.45) is 0. The van der Waals surface area contributed by atoms with E-state index in [9.17, 15) is 0 Å². The first kappa shape index (κ1) is 8.71. The molecule has 1 aromatic rings. The van der Waals surface area contributed by atoms with Crippen LogP contribution in [-0.4, -0.2) is 6.61 Å². The molecule has 2 N–H and O–H groups in total. The highest BCUT2D eigenvalue weighted by molar-refractivity contribution is 7.12. The molecule has 0 fully saturated rings. The van der Waals surface area contributed by atoms with Gasteiger partial charge in [-0.15, -0.1) is 11.3 Å². The van der Waals surface area contributed by atoms with Crippen molar-refractivity contribution in [3.63, 3.8) is 0 Å². The molecule has 1 atom stereocenters. The second-order valence-corrected chi connectivity index (χ2v) is 4.00. The third kappa shape index (κ3) is 2.29. The first-order chi connectivity index (χ1) is 5.24. The molecule has 3 heteroatoms. The zero-order valence-electron chi connectivity index (χ0n) is 6.83. The van der Waals surface area contributed by atoms with Crippen molar-refractivity contribution in [3.8, 4) is 0 Å². The largest absolute Gasteiger partial charge is 0.304 e. The first-order valence-electron chi connectivity index (χ1n) is 3.62. The Kier molecular flexibility index (Phi) is 3.05. The number of aryl methyl sites for hydroxylation is 1. The first-order valence-corrected chi connectivity index (χ1v) is 4.43. The van der Waals surface area contributed by atoms with Crippen LogP contribution in [0, 0.1) is 6.92 Å². The van der Waals surface area contributed by atoms with Crippen molar-refractivity contribution in [3.05, 3.63) is 21.9 Å². The van der Waals surface area contributed by atoms with E-state index in [4.69, 9.17) is 5.90 Å². The van der Waals surface area contributed by atoms with Crippen LogP contribution in [0.2, 0.25) is 0 Å². The molecule has 1 aromatic heterocycles. The summed E-state index contributed by atoms with van der Waals surface area (Å²) in [4.78, 5) is 7.25. The highest BCUT2D eigenvalue weighted by Gasteiger charge is 2.06. The molecule has 62 valence electrons. The second kappa shape index (κ2) is 3.85. The van der Waals surface area contributed by atoms with Crippen LogP contribution >= 0.6 is 11.3 Å². The van der Waals surface area contributed by atoms with Crippen LogP contribution in [0.5, 0.6) is 0 Å². The molecule has 11 heavy (non-hydrogen) atoms. The van der Waals surface area contributed by atoms with E-state index in [0.29, 0.717) is 12.5 Å². The number of hydrogen-bond donors (Lipinski definition) is 1. The van der Waals surface area contributed by atoms with E-state index in [1.54, 1.807) is 11.3 Å². The summed E-state index contributed by atoms with van der Waals surface area (Å²) in [5, 5.41) is 0. The van der Waals surface area contributed by atoms with Crippen molar-refractivity contribution in [1.82, 2.24) is 0 Å².